The standard InChI is InChI=1S/C7H7N3O.B6/c8-10-9-5-6-3-1-2-4-7(6)11;1-5(2)6(3)4/h1-4,11H,5H2;. The minimum absolute atomic E-state index is 0.167. The fraction of sp³-hybridized carbons (Fsp3) is 0.143. The van der Waals surface area contributed by atoms with Crippen molar-refractivity contribution in [3.05, 3.63) is 40.3 Å². The molecule has 0 saturated carbocycles. The van der Waals surface area contributed by atoms with Crippen molar-refractivity contribution in [3.63, 3.8) is 0 Å². The number of nitrogens with zero attached hydrogens (tertiary/aromatic N) is 3. The fourth-order valence-electron chi connectivity index (χ4n) is 0.752. The molecule has 1 aromatic rings. The zero-order chi connectivity index (χ0) is 13.3. The van der Waals surface area contributed by atoms with Crippen molar-refractivity contribution in [2.24, 2.45) is 5.11 Å². The Morgan fingerprint density at radius 1 is 1.18 bits per heavy atom. The Hall–Kier alpha value is -1.28. The highest BCUT2D eigenvalue weighted by molar-refractivity contribution is 7.76. The van der Waals surface area contributed by atoms with E-state index in [2.05, 4.69) is 10.0 Å². The van der Waals surface area contributed by atoms with Gasteiger partial charge in [-0.3, -0.25) is 0 Å². The van der Waals surface area contributed by atoms with Crippen LogP contribution in [0, 0.1) is 0 Å². The van der Waals surface area contributed by atoms with Crippen LogP contribution in [0.1, 0.15) is 5.56 Å². The molecule has 0 bridgehead atoms. The van der Waals surface area contributed by atoms with Gasteiger partial charge in [0.25, 0.3) is 0 Å². The van der Waals surface area contributed by atoms with Crippen molar-refractivity contribution in [1.82, 2.24) is 0 Å². The minimum atomic E-state index is -0.593. The summed E-state index contributed by atoms with van der Waals surface area (Å²) in [5, 5.41) is 12.5. The summed E-state index contributed by atoms with van der Waals surface area (Å²) < 4.78 is 0. The number of rotatable bonds is 3. The summed E-state index contributed by atoms with van der Waals surface area (Å²) in [6.45, 7) is 0.198. The van der Waals surface area contributed by atoms with Crippen LogP contribution in [-0.4, -0.2) is 48.8 Å². The van der Waals surface area contributed by atoms with Gasteiger partial charge in [0.15, 0.2) is 0 Å². The molecule has 0 spiro atoms. The normalized spacial score (nSPS) is 8.24. The van der Waals surface area contributed by atoms with Crippen molar-refractivity contribution in [2.75, 3.05) is 0 Å². The lowest BCUT2D eigenvalue weighted by atomic mass is 8.81. The van der Waals surface area contributed by atoms with Gasteiger partial charge in [-0.05, 0) is 17.2 Å². The van der Waals surface area contributed by atoms with E-state index in [1.807, 2.05) is 0 Å². The molecule has 0 atom stereocenters. The smallest absolute Gasteiger partial charge is 0.118 e. The maximum atomic E-state index is 9.15. The van der Waals surface area contributed by atoms with E-state index in [-0.39, 0.29) is 12.3 Å². The molecule has 0 aliphatic carbocycles. The molecule has 0 heterocycles. The lowest BCUT2D eigenvalue weighted by Crippen LogP contribution is -2.38. The number of hydrogen-bond acceptors (Lipinski definition) is 2. The van der Waals surface area contributed by atoms with Crippen molar-refractivity contribution < 1.29 is 5.11 Å². The molecule has 0 aliphatic heterocycles. The first-order valence-corrected chi connectivity index (χ1v) is 4.79. The average Bonchev–Trinajstić information content (AvgIpc) is 2.29. The predicted molar refractivity (Wildman–Crippen MR) is 75.5 cm³/mol. The van der Waals surface area contributed by atoms with E-state index in [0.717, 1.165) is 0 Å². The topological polar surface area (TPSA) is 69.0 Å². The second kappa shape index (κ2) is 8.82. The first kappa shape index (κ1) is 15.7. The molecule has 17 heavy (non-hydrogen) atoms. The zero-order valence-corrected chi connectivity index (χ0v) is 9.27. The van der Waals surface area contributed by atoms with Gasteiger partial charge in [-0.2, -0.15) is 0 Å². The van der Waals surface area contributed by atoms with E-state index in [9.17, 15) is 0 Å². The van der Waals surface area contributed by atoms with Crippen LogP contribution in [0.25, 0.3) is 10.4 Å². The number of phenolic OH excluding ortho intramolecular Hbond substituents is 1. The van der Waals surface area contributed by atoms with Crippen LogP contribution in [0.15, 0.2) is 29.4 Å². The third-order valence-corrected chi connectivity index (χ3v) is 1.74. The molecule has 0 saturated heterocycles. The van der Waals surface area contributed by atoms with E-state index in [1.165, 1.54) is 0 Å². The number of benzene rings is 1. The first-order chi connectivity index (χ1) is 7.99. The molecule has 0 unspecified atom stereocenters. The van der Waals surface area contributed by atoms with Crippen molar-refractivity contribution in [3.8, 4) is 5.75 Å². The molecule has 0 aromatic heterocycles. The SMILES string of the molecule is [B]B([B])B([B])[B].[N-]=[N+]=NCc1ccccc1O. The summed E-state index contributed by atoms with van der Waals surface area (Å²) in [6.07, 6.45) is -1.19. The lowest BCUT2D eigenvalue weighted by Gasteiger charge is -2.00. The summed E-state index contributed by atoms with van der Waals surface area (Å²) in [4.78, 5) is 2.59. The molecular formula is C7H7B6N3O. The van der Waals surface area contributed by atoms with Crippen LogP contribution in [0.2, 0.25) is 0 Å². The molecule has 0 amide bonds. The van der Waals surface area contributed by atoms with Gasteiger partial charge in [-0.15, -0.1) is 0 Å². The van der Waals surface area contributed by atoms with Crippen molar-refractivity contribution >= 4 is 43.7 Å². The van der Waals surface area contributed by atoms with Gasteiger partial charge in [-0.1, -0.05) is 23.3 Å². The average molecular weight is 214 g/mol. The first-order valence-electron chi connectivity index (χ1n) is 4.79. The molecular weight excluding hydrogens is 207 g/mol. The number of hydrogen-bond donors (Lipinski definition) is 1. The van der Waals surface area contributed by atoms with Crippen LogP contribution in [0.4, 0.5) is 0 Å². The Morgan fingerprint density at radius 3 is 2.12 bits per heavy atom. The van der Waals surface area contributed by atoms with Crippen molar-refractivity contribution in [1.29, 1.82) is 0 Å². The van der Waals surface area contributed by atoms with Crippen LogP contribution < -0.4 is 0 Å². The molecule has 8 radical (unpaired) electrons. The van der Waals surface area contributed by atoms with E-state index in [4.69, 9.17) is 41.6 Å². The molecule has 1 aromatic carbocycles. The summed E-state index contributed by atoms with van der Waals surface area (Å²) in [5.41, 5.74) is 8.64. The monoisotopic (exact) mass is 215 g/mol. The number of phenols is 1. The maximum Gasteiger partial charge on any atom is 0.118 e. The second-order valence-corrected chi connectivity index (χ2v) is 3.17. The molecule has 1 N–H and O–H groups in total. The number of para-hydroxylation sites is 1. The van der Waals surface area contributed by atoms with Gasteiger partial charge >= 0.3 is 0 Å². The lowest BCUT2D eigenvalue weighted by molar-refractivity contribution is 0.468. The van der Waals surface area contributed by atoms with Crippen LogP contribution in [0.3, 0.4) is 0 Å². The highest BCUT2D eigenvalue weighted by Crippen LogP contribution is 2.15. The van der Waals surface area contributed by atoms with Crippen molar-refractivity contribution in [2.45, 2.75) is 6.54 Å². The highest BCUT2D eigenvalue weighted by atomic mass is 16.3. The minimum Gasteiger partial charge on any atom is -0.508 e. The molecule has 0 aliphatic rings. The summed E-state index contributed by atoms with van der Waals surface area (Å²) in [7, 11) is 19.9. The third kappa shape index (κ3) is 7.58. The fourth-order valence-corrected chi connectivity index (χ4v) is 0.752. The quantitative estimate of drug-likeness (QED) is 0.325. The van der Waals surface area contributed by atoms with Gasteiger partial charge in [-0.25, -0.2) is 0 Å². The second-order valence-electron chi connectivity index (χ2n) is 3.17. The Labute approximate surface area is 107 Å². The maximum absolute atomic E-state index is 9.15. The van der Waals surface area contributed by atoms with Crippen LogP contribution in [-0.2, 0) is 6.54 Å². The molecule has 1 rings (SSSR count). The number of aromatic hydroxyl groups is 1. The van der Waals surface area contributed by atoms with Gasteiger partial charge in [0.05, 0.1) is 6.54 Å². The zero-order valence-electron chi connectivity index (χ0n) is 9.27. The van der Waals surface area contributed by atoms with E-state index in [1.54, 1.807) is 24.3 Å². The van der Waals surface area contributed by atoms with Gasteiger partial charge < -0.3 is 5.11 Å². The Balaban J connectivity index is 0.000000366. The van der Waals surface area contributed by atoms with Gasteiger partial charge in [0.2, 0.25) is 0 Å². The van der Waals surface area contributed by atoms with Crippen LogP contribution in [0.5, 0.6) is 5.75 Å². The van der Waals surface area contributed by atoms with Gasteiger partial charge in [0, 0.05) is 48.6 Å². The van der Waals surface area contributed by atoms with E-state index >= 15 is 0 Å². The Kier molecular flexibility index (Phi) is 8.16. The molecule has 74 valence electrons. The highest BCUT2D eigenvalue weighted by Gasteiger charge is 2.00. The number of azide groups is 1. The molecule has 4 nitrogen and oxygen atoms in total. The largest absolute Gasteiger partial charge is 0.508 e. The summed E-state index contributed by atoms with van der Waals surface area (Å²) in [5.74, 6) is 0.167. The third-order valence-electron chi connectivity index (χ3n) is 1.74. The van der Waals surface area contributed by atoms with Crippen LogP contribution >= 0.6 is 0 Å². The molecule has 0 fully saturated rings. The van der Waals surface area contributed by atoms with E-state index < -0.39 is 12.8 Å². The summed E-state index contributed by atoms with van der Waals surface area (Å²) in [6, 6.07) is 6.77. The summed E-state index contributed by atoms with van der Waals surface area (Å²) >= 11 is 0. The predicted octanol–water partition coefficient (Wildman–Crippen LogP) is -0.0823. The Bertz CT molecular complexity index is 376. The van der Waals surface area contributed by atoms with E-state index in [0.29, 0.717) is 5.56 Å². The Morgan fingerprint density at radius 2 is 1.71 bits per heavy atom. The molecule has 10 heteroatoms. The van der Waals surface area contributed by atoms with Gasteiger partial charge in [0.1, 0.15) is 5.75 Å².